The van der Waals surface area contributed by atoms with Crippen molar-refractivity contribution in [3.63, 3.8) is 0 Å². The molecule has 0 aromatic carbocycles. The highest BCUT2D eigenvalue weighted by Gasteiger charge is 2.45. The van der Waals surface area contributed by atoms with Crippen molar-refractivity contribution in [1.82, 2.24) is 15.1 Å². The van der Waals surface area contributed by atoms with Crippen LogP contribution in [0.15, 0.2) is 0 Å². The van der Waals surface area contributed by atoms with Gasteiger partial charge in [-0.25, -0.2) is 4.79 Å². The van der Waals surface area contributed by atoms with Crippen molar-refractivity contribution in [2.75, 3.05) is 40.0 Å². The van der Waals surface area contributed by atoms with E-state index < -0.39 is 24.1 Å². The third kappa shape index (κ3) is 4.47. The van der Waals surface area contributed by atoms with Gasteiger partial charge in [-0.15, -0.1) is 0 Å². The number of amides is 4. The molecule has 2 fully saturated rings. The van der Waals surface area contributed by atoms with E-state index in [1.807, 2.05) is 6.92 Å². The Hall–Kier alpha value is -1.71. The average Bonchev–Trinajstić information content (AvgIpc) is 3.11. The first-order valence-electron chi connectivity index (χ1n) is 8.75. The summed E-state index contributed by atoms with van der Waals surface area (Å²) >= 11 is 0. The zero-order valence-corrected chi connectivity index (χ0v) is 14.9. The number of ether oxygens (including phenoxy) is 2. The van der Waals surface area contributed by atoms with E-state index in [0.717, 1.165) is 12.8 Å². The van der Waals surface area contributed by atoms with E-state index in [4.69, 9.17) is 15.2 Å². The van der Waals surface area contributed by atoms with Crippen LogP contribution in [-0.2, 0) is 19.1 Å². The van der Waals surface area contributed by atoms with Crippen LogP contribution in [0, 0.1) is 5.92 Å². The van der Waals surface area contributed by atoms with E-state index in [2.05, 4.69) is 5.32 Å². The van der Waals surface area contributed by atoms with Crippen molar-refractivity contribution in [3.8, 4) is 0 Å². The SMILES string of the molecule is CCCCN1C(=O)NC(=O)C(N(CCOC)C(=O)C2CCOC2)C1N. The molecule has 0 aromatic heterocycles. The highest BCUT2D eigenvalue weighted by Crippen LogP contribution is 2.21. The second-order valence-electron chi connectivity index (χ2n) is 6.36. The molecule has 9 heteroatoms. The van der Waals surface area contributed by atoms with E-state index in [1.54, 1.807) is 0 Å². The Labute approximate surface area is 147 Å². The second kappa shape index (κ2) is 9.12. The number of nitrogens with one attached hydrogen (secondary N) is 1. The van der Waals surface area contributed by atoms with E-state index >= 15 is 0 Å². The van der Waals surface area contributed by atoms with Crippen LogP contribution in [-0.4, -0.2) is 79.9 Å². The van der Waals surface area contributed by atoms with Gasteiger partial charge in [0.05, 0.1) is 19.1 Å². The van der Waals surface area contributed by atoms with Crippen LogP contribution in [0.5, 0.6) is 0 Å². The molecule has 0 radical (unpaired) electrons. The van der Waals surface area contributed by atoms with Gasteiger partial charge in [-0.3, -0.25) is 14.9 Å². The molecule has 25 heavy (non-hydrogen) atoms. The Bertz CT molecular complexity index is 495. The van der Waals surface area contributed by atoms with Crippen molar-refractivity contribution >= 4 is 17.8 Å². The zero-order chi connectivity index (χ0) is 18.4. The van der Waals surface area contributed by atoms with Gasteiger partial charge < -0.3 is 25.0 Å². The summed E-state index contributed by atoms with van der Waals surface area (Å²) in [6.45, 7) is 3.81. The molecule has 2 aliphatic heterocycles. The molecule has 3 N–H and O–H groups in total. The van der Waals surface area contributed by atoms with Gasteiger partial charge in [-0.1, -0.05) is 13.3 Å². The number of hydrogen-bond acceptors (Lipinski definition) is 6. The van der Waals surface area contributed by atoms with Crippen LogP contribution in [0.4, 0.5) is 4.79 Å². The highest BCUT2D eigenvalue weighted by molar-refractivity contribution is 6.01. The van der Waals surface area contributed by atoms with E-state index in [1.165, 1.54) is 16.9 Å². The molecule has 4 amide bonds. The maximum absolute atomic E-state index is 12.9. The highest BCUT2D eigenvalue weighted by atomic mass is 16.5. The summed E-state index contributed by atoms with van der Waals surface area (Å²) in [5.41, 5.74) is 6.23. The predicted octanol–water partition coefficient (Wildman–Crippen LogP) is -0.497. The lowest BCUT2D eigenvalue weighted by Gasteiger charge is -2.43. The van der Waals surface area contributed by atoms with Crippen molar-refractivity contribution in [3.05, 3.63) is 0 Å². The summed E-state index contributed by atoms with van der Waals surface area (Å²) in [6.07, 6.45) is 1.39. The first-order chi connectivity index (χ1) is 12.0. The molecule has 0 aromatic rings. The number of carbonyl (C=O) groups is 3. The molecule has 0 aliphatic carbocycles. The normalized spacial score (nSPS) is 26.7. The van der Waals surface area contributed by atoms with Crippen molar-refractivity contribution in [2.45, 2.75) is 38.4 Å². The Balaban J connectivity index is 2.21. The van der Waals surface area contributed by atoms with Gasteiger partial charge in [-0.2, -0.15) is 0 Å². The van der Waals surface area contributed by atoms with E-state index in [-0.39, 0.29) is 25.0 Å². The van der Waals surface area contributed by atoms with Crippen LogP contribution >= 0.6 is 0 Å². The summed E-state index contributed by atoms with van der Waals surface area (Å²) < 4.78 is 10.4. The van der Waals surface area contributed by atoms with Crippen LogP contribution in [0.25, 0.3) is 0 Å². The molecule has 2 aliphatic rings. The van der Waals surface area contributed by atoms with Crippen molar-refractivity contribution < 1.29 is 23.9 Å². The largest absolute Gasteiger partial charge is 0.383 e. The smallest absolute Gasteiger partial charge is 0.325 e. The van der Waals surface area contributed by atoms with Gasteiger partial charge in [-0.05, 0) is 12.8 Å². The summed E-state index contributed by atoms with van der Waals surface area (Å²) in [6, 6.07) is -1.44. The number of hydrogen-bond donors (Lipinski definition) is 2. The second-order valence-corrected chi connectivity index (χ2v) is 6.36. The Kier molecular flexibility index (Phi) is 7.15. The molecule has 2 heterocycles. The number of rotatable bonds is 8. The quantitative estimate of drug-likeness (QED) is 0.606. The molecule has 9 nitrogen and oxygen atoms in total. The van der Waals surface area contributed by atoms with Crippen LogP contribution in [0.2, 0.25) is 0 Å². The lowest BCUT2D eigenvalue weighted by atomic mass is 10.0. The minimum Gasteiger partial charge on any atom is -0.383 e. The fraction of sp³-hybridized carbons (Fsp3) is 0.812. The number of nitrogens with two attached hydrogens (primary N) is 1. The van der Waals surface area contributed by atoms with Gasteiger partial charge >= 0.3 is 6.03 Å². The first-order valence-corrected chi connectivity index (χ1v) is 8.75. The molecule has 3 unspecified atom stereocenters. The number of carbonyl (C=O) groups excluding carboxylic acids is 3. The third-order valence-corrected chi connectivity index (χ3v) is 4.63. The maximum atomic E-state index is 12.9. The minimum absolute atomic E-state index is 0.185. The Morgan fingerprint density at radius 2 is 2.24 bits per heavy atom. The number of nitrogens with zero attached hydrogens (tertiary/aromatic N) is 2. The van der Waals surface area contributed by atoms with Gasteiger partial charge in [0.2, 0.25) is 5.91 Å². The lowest BCUT2D eigenvalue weighted by molar-refractivity contribution is -0.147. The summed E-state index contributed by atoms with van der Waals surface area (Å²) in [5, 5.41) is 2.32. The van der Waals surface area contributed by atoms with Crippen LogP contribution in [0.1, 0.15) is 26.2 Å². The topological polar surface area (TPSA) is 114 Å². The van der Waals surface area contributed by atoms with Gasteiger partial charge in [0.1, 0.15) is 12.2 Å². The number of methoxy groups -OCH3 is 1. The summed E-state index contributed by atoms with van der Waals surface area (Å²) in [4.78, 5) is 40.3. The van der Waals surface area contributed by atoms with Crippen LogP contribution in [0.3, 0.4) is 0 Å². The minimum atomic E-state index is -0.933. The summed E-state index contributed by atoms with van der Waals surface area (Å²) in [5.74, 6) is -1.03. The fourth-order valence-corrected chi connectivity index (χ4v) is 3.16. The first kappa shape index (κ1) is 19.6. The van der Waals surface area contributed by atoms with Gasteiger partial charge in [0.15, 0.2) is 0 Å². The van der Waals surface area contributed by atoms with Gasteiger partial charge in [0.25, 0.3) is 5.91 Å². The fourth-order valence-electron chi connectivity index (χ4n) is 3.16. The number of urea groups is 1. The molecular formula is C16H28N4O5. The zero-order valence-electron chi connectivity index (χ0n) is 14.9. The van der Waals surface area contributed by atoms with Crippen molar-refractivity contribution in [1.29, 1.82) is 0 Å². The molecule has 0 saturated carbocycles. The Morgan fingerprint density at radius 1 is 1.48 bits per heavy atom. The average molecular weight is 356 g/mol. The van der Waals surface area contributed by atoms with E-state index in [0.29, 0.717) is 26.2 Å². The standard InChI is InChI=1S/C16H28N4O5/c1-3-4-6-20-13(17)12(14(21)18-16(20)23)19(7-9-24-2)15(22)11-5-8-25-10-11/h11-13H,3-10,17H2,1-2H3,(H,18,21,23). The third-order valence-electron chi connectivity index (χ3n) is 4.63. The lowest BCUT2D eigenvalue weighted by Crippen LogP contribution is -2.71. The predicted molar refractivity (Wildman–Crippen MR) is 89.4 cm³/mol. The maximum Gasteiger partial charge on any atom is 0.325 e. The molecular weight excluding hydrogens is 328 g/mol. The molecule has 0 bridgehead atoms. The molecule has 142 valence electrons. The number of imide groups is 1. The van der Waals surface area contributed by atoms with Crippen molar-refractivity contribution in [2.24, 2.45) is 11.7 Å². The molecule has 2 saturated heterocycles. The Morgan fingerprint density at radius 3 is 2.84 bits per heavy atom. The summed E-state index contributed by atoms with van der Waals surface area (Å²) in [7, 11) is 1.53. The van der Waals surface area contributed by atoms with Gasteiger partial charge in [0, 0.05) is 26.8 Å². The molecule has 0 spiro atoms. The van der Waals surface area contributed by atoms with E-state index in [9.17, 15) is 14.4 Å². The van der Waals surface area contributed by atoms with Crippen LogP contribution < -0.4 is 11.1 Å². The molecule has 3 atom stereocenters. The number of unbranched alkanes of at least 4 members (excludes halogenated alkanes) is 1. The monoisotopic (exact) mass is 356 g/mol. The molecule has 2 rings (SSSR count).